The lowest BCUT2D eigenvalue weighted by molar-refractivity contribution is -0.298. The molecule has 42 heavy (non-hydrogen) atoms. The van der Waals surface area contributed by atoms with E-state index in [9.17, 15) is 5.11 Å². The van der Waals surface area contributed by atoms with Crippen LogP contribution < -0.4 is 5.19 Å². The molecule has 2 aliphatic carbocycles. The highest BCUT2D eigenvalue weighted by Crippen LogP contribution is 2.59. The third kappa shape index (κ3) is 5.89. The second-order valence-corrected chi connectivity index (χ2v) is 22.4. The Labute approximate surface area is 254 Å². The zero-order valence-corrected chi connectivity index (χ0v) is 28.6. The highest BCUT2D eigenvalue weighted by molar-refractivity contribution is 6.84. The average Bonchev–Trinajstić information content (AvgIpc) is 3.21. The molecular weight excluding hydrogens is 561 g/mol. The van der Waals surface area contributed by atoms with Crippen LogP contribution in [0.15, 0.2) is 72.8 Å². The third-order valence-corrected chi connectivity index (χ3v) is 12.5. The molecule has 0 unspecified atom stereocenters. The summed E-state index contributed by atoms with van der Waals surface area (Å²) in [6.07, 6.45) is 4.29. The molecule has 1 N–H and O–H groups in total. The van der Waals surface area contributed by atoms with Crippen molar-refractivity contribution in [3.05, 3.63) is 78.4 Å². The minimum Gasteiger partial charge on any atom is -0.408 e. The van der Waals surface area contributed by atoms with E-state index in [1.807, 2.05) is 38.1 Å². The second-order valence-electron chi connectivity index (χ2n) is 14.1. The van der Waals surface area contributed by atoms with E-state index in [1.54, 1.807) is 0 Å². The molecule has 2 aromatic rings. The van der Waals surface area contributed by atoms with Gasteiger partial charge in [-0.3, -0.25) is 0 Å². The summed E-state index contributed by atoms with van der Waals surface area (Å²) in [6, 6.07) is 20.7. The van der Waals surface area contributed by atoms with Gasteiger partial charge in [-0.25, -0.2) is 0 Å². The molecule has 0 aromatic heterocycles. The fourth-order valence-corrected chi connectivity index (χ4v) is 10.5. The Hall–Kier alpha value is -1.63. The Bertz CT molecular complexity index is 1230. The first-order valence-electron chi connectivity index (χ1n) is 15.6. The maximum atomic E-state index is 13.4. The van der Waals surface area contributed by atoms with Gasteiger partial charge in [-0.05, 0) is 70.2 Å². The van der Waals surface area contributed by atoms with Gasteiger partial charge in [0.1, 0.15) is 23.4 Å². The van der Waals surface area contributed by atoms with Gasteiger partial charge < -0.3 is 28.2 Å². The molecule has 1 saturated heterocycles. The lowest BCUT2D eigenvalue weighted by atomic mass is 9.55. The van der Waals surface area contributed by atoms with Crippen molar-refractivity contribution in [3.8, 4) is 0 Å². The Morgan fingerprint density at radius 2 is 1.55 bits per heavy atom. The Morgan fingerprint density at radius 1 is 0.905 bits per heavy atom. The van der Waals surface area contributed by atoms with Gasteiger partial charge in [0, 0.05) is 5.92 Å². The predicted molar refractivity (Wildman–Crippen MR) is 172 cm³/mol. The van der Waals surface area contributed by atoms with Gasteiger partial charge >= 0.3 is 0 Å². The van der Waals surface area contributed by atoms with Crippen LogP contribution in [0.1, 0.15) is 45.6 Å². The lowest BCUT2D eigenvalue weighted by Crippen LogP contribution is -2.80. The third-order valence-electron chi connectivity index (χ3n) is 8.98. The number of allylic oxidation sites excluding steroid dienone is 1. The number of aliphatic hydroxyl groups is 1. The highest BCUT2D eigenvalue weighted by Gasteiger charge is 2.76. The molecule has 0 bridgehead atoms. The van der Waals surface area contributed by atoms with E-state index in [1.165, 1.54) is 5.19 Å². The Morgan fingerprint density at radius 3 is 2.17 bits per heavy atom. The Kier molecular flexibility index (Phi) is 8.86. The smallest absolute Gasteiger partial charge is 0.218 e. The maximum absolute atomic E-state index is 13.4. The van der Waals surface area contributed by atoms with Crippen LogP contribution in [0.3, 0.4) is 0 Å². The second kappa shape index (κ2) is 11.7. The largest absolute Gasteiger partial charge is 0.408 e. The van der Waals surface area contributed by atoms with Gasteiger partial charge in [0.25, 0.3) is 0 Å². The summed E-state index contributed by atoms with van der Waals surface area (Å²) in [5.41, 5.74) is -1.33. The molecule has 3 aliphatic rings. The SMILES string of the molecule is CCC[C@@]12OC(C)(C)O[C@@H]1[C@@H](OCc1ccccc1)[C@H](O[Si](C)(C)c1ccccc1)[C@@H]1CC=C[C@@H](O[Si](C)(C)C)[C@@]12O. The van der Waals surface area contributed by atoms with E-state index in [2.05, 4.69) is 88.2 Å². The fourth-order valence-electron chi connectivity index (χ4n) is 7.41. The molecule has 1 aliphatic heterocycles. The molecule has 1 saturated carbocycles. The quantitative estimate of drug-likeness (QED) is 0.252. The molecule has 230 valence electrons. The van der Waals surface area contributed by atoms with Crippen LogP contribution in [-0.4, -0.2) is 63.1 Å². The lowest BCUT2D eigenvalue weighted by Gasteiger charge is -2.62. The minimum atomic E-state index is -2.46. The van der Waals surface area contributed by atoms with Crippen LogP contribution in [0.25, 0.3) is 0 Å². The van der Waals surface area contributed by atoms with Gasteiger partial charge in [0.15, 0.2) is 14.1 Å². The number of ether oxygens (including phenoxy) is 3. The van der Waals surface area contributed by atoms with Crippen molar-refractivity contribution in [2.45, 2.75) is 121 Å². The molecular formula is C34H50O6Si2. The Balaban J connectivity index is 1.66. The normalized spacial score (nSPS) is 34.2. The monoisotopic (exact) mass is 610 g/mol. The van der Waals surface area contributed by atoms with E-state index >= 15 is 0 Å². The van der Waals surface area contributed by atoms with E-state index in [4.69, 9.17) is 23.1 Å². The summed E-state index contributed by atoms with van der Waals surface area (Å²) in [6.45, 7) is 17.4. The van der Waals surface area contributed by atoms with E-state index in [0.29, 0.717) is 19.4 Å². The molecule has 0 amide bonds. The van der Waals surface area contributed by atoms with Crippen molar-refractivity contribution in [2.75, 3.05) is 0 Å². The first kappa shape index (κ1) is 31.8. The van der Waals surface area contributed by atoms with E-state index < -0.39 is 58.0 Å². The molecule has 0 spiro atoms. The standard InChI is InChI=1S/C34H50O6Si2/c1-9-23-33-31(37-32(2,3)40-33)30(36-24-25-17-12-10-13-18-25)29(39-42(7,8)26-19-14-11-15-20-26)27-21-16-22-28(34(27,33)35)38-41(4,5)6/h10-20,22,27-31,35H,9,21,23-24H2,1-8H3/t27-,28+,29+,30-,31+,33+,34-/m0/s1. The number of fused-ring (bicyclic) bond motifs is 3. The van der Waals surface area contributed by atoms with Gasteiger partial charge in [-0.15, -0.1) is 0 Å². The maximum Gasteiger partial charge on any atom is 0.218 e. The van der Waals surface area contributed by atoms with Crippen molar-refractivity contribution >= 4 is 21.8 Å². The van der Waals surface area contributed by atoms with Crippen molar-refractivity contribution in [3.63, 3.8) is 0 Å². The van der Waals surface area contributed by atoms with Crippen LogP contribution in [-0.2, 0) is 29.7 Å². The van der Waals surface area contributed by atoms with Crippen LogP contribution in [0.2, 0.25) is 32.7 Å². The summed E-state index contributed by atoms with van der Waals surface area (Å²) >= 11 is 0. The topological polar surface area (TPSA) is 66.4 Å². The van der Waals surface area contributed by atoms with Crippen molar-refractivity contribution in [1.82, 2.24) is 0 Å². The van der Waals surface area contributed by atoms with Crippen LogP contribution in [0, 0.1) is 5.92 Å². The summed E-state index contributed by atoms with van der Waals surface area (Å²) in [5.74, 6) is -1.24. The van der Waals surface area contributed by atoms with Crippen molar-refractivity contribution in [1.29, 1.82) is 0 Å². The van der Waals surface area contributed by atoms with Crippen molar-refractivity contribution in [2.24, 2.45) is 5.92 Å². The molecule has 8 heteroatoms. The number of hydrogen-bond donors (Lipinski definition) is 1. The summed E-state index contributed by atoms with van der Waals surface area (Å²) < 4.78 is 34.8. The molecule has 7 atom stereocenters. The van der Waals surface area contributed by atoms with E-state index in [0.717, 1.165) is 12.0 Å². The van der Waals surface area contributed by atoms with Crippen LogP contribution in [0.5, 0.6) is 0 Å². The number of hydrogen-bond acceptors (Lipinski definition) is 6. The first-order chi connectivity index (χ1) is 19.7. The summed E-state index contributed by atoms with van der Waals surface area (Å²) in [4.78, 5) is 0. The number of rotatable bonds is 10. The molecule has 2 aromatic carbocycles. The molecule has 1 heterocycles. The molecule has 0 radical (unpaired) electrons. The van der Waals surface area contributed by atoms with Crippen LogP contribution >= 0.6 is 0 Å². The van der Waals surface area contributed by atoms with E-state index in [-0.39, 0.29) is 5.92 Å². The number of benzene rings is 2. The highest BCUT2D eigenvalue weighted by atomic mass is 28.4. The predicted octanol–water partition coefficient (Wildman–Crippen LogP) is 6.30. The average molecular weight is 611 g/mol. The molecule has 5 rings (SSSR count). The summed E-state index contributed by atoms with van der Waals surface area (Å²) in [5, 5.41) is 14.6. The first-order valence-corrected chi connectivity index (χ1v) is 21.9. The molecule has 6 nitrogen and oxygen atoms in total. The van der Waals surface area contributed by atoms with Gasteiger partial charge in [0.2, 0.25) is 8.32 Å². The molecule has 2 fully saturated rings. The van der Waals surface area contributed by atoms with Gasteiger partial charge in [-0.2, -0.15) is 0 Å². The van der Waals surface area contributed by atoms with Crippen LogP contribution in [0.4, 0.5) is 0 Å². The summed E-state index contributed by atoms with van der Waals surface area (Å²) in [7, 11) is -4.53. The van der Waals surface area contributed by atoms with Gasteiger partial charge in [0.05, 0.1) is 18.8 Å². The van der Waals surface area contributed by atoms with Crippen molar-refractivity contribution < 1.29 is 28.2 Å². The minimum absolute atomic E-state index is 0.319. The zero-order chi connectivity index (χ0) is 30.4. The zero-order valence-electron chi connectivity index (χ0n) is 26.6. The van der Waals surface area contributed by atoms with Gasteiger partial charge in [-0.1, -0.05) is 86.2 Å². The fraction of sp³-hybridized carbons (Fsp3) is 0.588.